The Morgan fingerprint density at radius 3 is 2.65 bits per heavy atom. The van der Waals surface area contributed by atoms with E-state index in [1.807, 2.05) is 0 Å². The second kappa shape index (κ2) is 7.29. The van der Waals surface area contributed by atoms with Crippen LogP contribution in [0.1, 0.15) is 24.1 Å². The lowest BCUT2D eigenvalue weighted by atomic mass is 10.0. The number of carbonyl (C=O) groups excluding carboxylic acids is 1. The van der Waals surface area contributed by atoms with Crippen LogP contribution in [0.15, 0.2) is 16.3 Å². The fourth-order valence-corrected chi connectivity index (χ4v) is 5.82. The molecule has 0 spiro atoms. The molecular weight excluding hydrogens is 334 g/mol. The zero-order valence-electron chi connectivity index (χ0n) is 13.1. The molecule has 2 fully saturated rings. The van der Waals surface area contributed by atoms with Gasteiger partial charge >= 0.3 is 0 Å². The molecule has 2 saturated heterocycles. The van der Waals surface area contributed by atoms with Crippen molar-refractivity contribution in [3.05, 3.63) is 17.0 Å². The van der Waals surface area contributed by atoms with Crippen molar-refractivity contribution in [3.8, 4) is 0 Å². The van der Waals surface area contributed by atoms with Crippen molar-refractivity contribution < 1.29 is 13.2 Å². The van der Waals surface area contributed by atoms with Crippen molar-refractivity contribution in [1.29, 1.82) is 0 Å². The molecule has 128 valence electrons. The molecule has 23 heavy (non-hydrogen) atoms. The van der Waals surface area contributed by atoms with E-state index in [-0.39, 0.29) is 12.3 Å². The standard InChI is InChI=1S/C15H23N3O3S2/c19-14(17-11-12-9-16-10-12)8-13-4-5-15(22-13)23(20,21)18-6-2-1-3-7-18/h4-5,12,16H,1-3,6-11H2,(H,17,19). The number of thiophene rings is 1. The quantitative estimate of drug-likeness (QED) is 0.789. The van der Waals surface area contributed by atoms with E-state index >= 15 is 0 Å². The van der Waals surface area contributed by atoms with E-state index in [2.05, 4.69) is 10.6 Å². The molecule has 1 aromatic rings. The number of hydrogen-bond donors (Lipinski definition) is 2. The molecule has 2 N–H and O–H groups in total. The minimum Gasteiger partial charge on any atom is -0.355 e. The third-order valence-electron chi connectivity index (χ3n) is 4.33. The maximum absolute atomic E-state index is 12.6. The molecule has 8 heteroatoms. The first-order chi connectivity index (χ1) is 11.1. The highest BCUT2D eigenvalue weighted by Crippen LogP contribution is 2.27. The third kappa shape index (κ3) is 4.12. The fraction of sp³-hybridized carbons (Fsp3) is 0.667. The van der Waals surface area contributed by atoms with Crippen molar-refractivity contribution in [2.75, 3.05) is 32.7 Å². The first kappa shape index (κ1) is 16.9. The van der Waals surface area contributed by atoms with Crippen LogP contribution in [-0.2, 0) is 21.2 Å². The van der Waals surface area contributed by atoms with Gasteiger partial charge in [-0.25, -0.2) is 8.42 Å². The Bertz CT molecular complexity index is 647. The molecule has 0 bridgehead atoms. The van der Waals surface area contributed by atoms with E-state index in [0.717, 1.165) is 37.2 Å². The highest BCUT2D eigenvalue weighted by atomic mass is 32.2. The summed E-state index contributed by atoms with van der Waals surface area (Å²) in [5.74, 6) is 0.484. The molecular formula is C15H23N3O3S2. The van der Waals surface area contributed by atoms with E-state index in [0.29, 0.717) is 29.8 Å². The van der Waals surface area contributed by atoms with Gasteiger partial charge in [0.25, 0.3) is 10.0 Å². The monoisotopic (exact) mass is 357 g/mol. The highest BCUT2D eigenvalue weighted by Gasteiger charge is 2.27. The molecule has 6 nitrogen and oxygen atoms in total. The molecule has 0 atom stereocenters. The van der Waals surface area contributed by atoms with Gasteiger partial charge in [0.1, 0.15) is 4.21 Å². The van der Waals surface area contributed by atoms with Crippen LogP contribution in [0, 0.1) is 5.92 Å². The van der Waals surface area contributed by atoms with Gasteiger partial charge in [0.2, 0.25) is 5.91 Å². The molecule has 3 rings (SSSR count). The summed E-state index contributed by atoms with van der Waals surface area (Å²) in [5.41, 5.74) is 0. The second-order valence-electron chi connectivity index (χ2n) is 6.19. The number of sulfonamides is 1. The number of nitrogens with one attached hydrogen (secondary N) is 2. The average Bonchev–Trinajstić information content (AvgIpc) is 2.96. The van der Waals surface area contributed by atoms with Gasteiger partial charge in [-0.05, 0) is 25.0 Å². The van der Waals surface area contributed by atoms with Crippen LogP contribution in [0.2, 0.25) is 0 Å². The molecule has 1 aromatic heterocycles. The summed E-state index contributed by atoms with van der Waals surface area (Å²) in [4.78, 5) is 12.7. The summed E-state index contributed by atoms with van der Waals surface area (Å²) in [7, 11) is -3.39. The van der Waals surface area contributed by atoms with E-state index in [1.54, 1.807) is 16.4 Å². The molecule has 0 unspecified atom stereocenters. The van der Waals surface area contributed by atoms with E-state index in [4.69, 9.17) is 0 Å². The Morgan fingerprint density at radius 2 is 2.00 bits per heavy atom. The van der Waals surface area contributed by atoms with Crippen LogP contribution >= 0.6 is 11.3 Å². The summed E-state index contributed by atoms with van der Waals surface area (Å²) in [5, 5.41) is 6.08. The molecule has 2 aliphatic rings. The Morgan fingerprint density at radius 1 is 1.26 bits per heavy atom. The van der Waals surface area contributed by atoms with Gasteiger partial charge in [-0.2, -0.15) is 4.31 Å². The first-order valence-electron chi connectivity index (χ1n) is 8.12. The second-order valence-corrected chi connectivity index (χ2v) is 9.52. The lowest BCUT2D eigenvalue weighted by molar-refractivity contribution is -0.120. The van der Waals surface area contributed by atoms with E-state index < -0.39 is 10.0 Å². The highest BCUT2D eigenvalue weighted by molar-refractivity contribution is 7.91. The zero-order chi connectivity index (χ0) is 16.3. The predicted octanol–water partition coefficient (Wildman–Crippen LogP) is 0.801. The number of hydrogen-bond acceptors (Lipinski definition) is 5. The number of nitrogens with zero attached hydrogens (tertiary/aromatic N) is 1. The van der Waals surface area contributed by atoms with Crippen molar-refractivity contribution in [1.82, 2.24) is 14.9 Å². The van der Waals surface area contributed by atoms with Crippen LogP contribution < -0.4 is 10.6 Å². The van der Waals surface area contributed by atoms with Gasteiger partial charge in [-0.15, -0.1) is 11.3 Å². The maximum atomic E-state index is 12.6. The van der Waals surface area contributed by atoms with Crippen LogP contribution in [0.5, 0.6) is 0 Å². The minimum absolute atomic E-state index is 0.0410. The Hall–Kier alpha value is -0.960. The largest absolute Gasteiger partial charge is 0.355 e. The molecule has 1 amide bonds. The van der Waals surface area contributed by atoms with Gasteiger partial charge in [0.05, 0.1) is 6.42 Å². The number of carbonyl (C=O) groups is 1. The topological polar surface area (TPSA) is 78.5 Å². The molecule has 0 aliphatic carbocycles. The van der Waals surface area contributed by atoms with E-state index in [9.17, 15) is 13.2 Å². The van der Waals surface area contributed by atoms with Crippen LogP contribution in [0.3, 0.4) is 0 Å². The van der Waals surface area contributed by atoms with Crippen LogP contribution in [-0.4, -0.2) is 51.4 Å². The summed E-state index contributed by atoms with van der Waals surface area (Å²) >= 11 is 1.21. The number of rotatable bonds is 6. The van der Waals surface area contributed by atoms with Gasteiger partial charge in [-0.1, -0.05) is 6.42 Å². The normalized spacial score (nSPS) is 20.2. The molecule has 0 saturated carbocycles. The number of piperidine rings is 1. The predicted molar refractivity (Wildman–Crippen MR) is 90.0 cm³/mol. The summed E-state index contributed by atoms with van der Waals surface area (Å²) in [6.45, 7) is 3.81. The molecule has 0 radical (unpaired) electrons. The lowest BCUT2D eigenvalue weighted by Crippen LogP contribution is -2.48. The van der Waals surface area contributed by atoms with Crippen molar-refractivity contribution in [2.24, 2.45) is 5.92 Å². The summed E-state index contributed by atoms with van der Waals surface area (Å²) in [6, 6.07) is 3.39. The smallest absolute Gasteiger partial charge is 0.252 e. The van der Waals surface area contributed by atoms with Gasteiger partial charge in [0, 0.05) is 43.5 Å². The molecule has 0 aromatic carbocycles. The van der Waals surface area contributed by atoms with Crippen molar-refractivity contribution in [2.45, 2.75) is 29.9 Å². The zero-order valence-corrected chi connectivity index (χ0v) is 14.7. The van der Waals surface area contributed by atoms with Gasteiger partial charge in [0.15, 0.2) is 0 Å². The Kier molecular flexibility index (Phi) is 5.35. The summed E-state index contributed by atoms with van der Waals surface area (Å²) in [6.07, 6.45) is 3.20. The Labute approximate surface area is 141 Å². The molecule has 3 heterocycles. The average molecular weight is 358 g/mol. The van der Waals surface area contributed by atoms with E-state index in [1.165, 1.54) is 11.3 Å². The van der Waals surface area contributed by atoms with Crippen molar-refractivity contribution in [3.63, 3.8) is 0 Å². The maximum Gasteiger partial charge on any atom is 0.252 e. The fourth-order valence-electron chi connectivity index (χ4n) is 2.80. The SMILES string of the molecule is O=C(Cc1ccc(S(=O)(=O)N2CCCCC2)s1)NCC1CNC1. The number of amides is 1. The lowest BCUT2D eigenvalue weighted by Gasteiger charge is -2.27. The third-order valence-corrected chi connectivity index (χ3v) is 7.79. The molecule has 2 aliphatic heterocycles. The van der Waals surface area contributed by atoms with Crippen molar-refractivity contribution >= 4 is 27.3 Å². The summed E-state index contributed by atoms with van der Waals surface area (Å²) < 4.78 is 27.1. The Balaban J connectivity index is 1.57. The van der Waals surface area contributed by atoms with Crippen LogP contribution in [0.4, 0.5) is 0 Å². The van der Waals surface area contributed by atoms with Gasteiger partial charge < -0.3 is 10.6 Å². The van der Waals surface area contributed by atoms with Crippen LogP contribution in [0.25, 0.3) is 0 Å². The minimum atomic E-state index is -3.39. The first-order valence-corrected chi connectivity index (χ1v) is 10.4. The van der Waals surface area contributed by atoms with Gasteiger partial charge in [-0.3, -0.25) is 4.79 Å².